The zero-order valence-corrected chi connectivity index (χ0v) is 11.1. The molecule has 0 spiro atoms. The maximum Gasteiger partial charge on any atom is 0.198 e. The van der Waals surface area contributed by atoms with Crippen molar-refractivity contribution in [3.05, 3.63) is 40.1 Å². The van der Waals surface area contributed by atoms with Crippen LogP contribution in [0.4, 0.5) is 0 Å². The minimum Gasteiger partial charge on any atom is -0.358 e. The Labute approximate surface area is 111 Å². The van der Waals surface area contributed by atoms with Crippen LogP contribution in [0, 0.1) is 18.3 Å². The van der Waals surface area contributed by atoms with Gasteiger partial charge in [0.05, 0.1) is 0 Å². The summed E-state index contributed by atoms with van der Waals surface area (Å²) >= 11 is 3.36. The van der Waals surface area contributed by atoms with Gasteiger partial charge in [-0.05, 0) is 28.9 Å². The zero-order valence-electron chi connectivity index (χ0n) is 9.49. The van der Waals surface area contributed by atoms with Gasteiger partial charge in [0.25, 0.3) is 0 Å². The van der Waals surface area contributed by atoms with Gasteiger partial charge in [-0.25, -0.2) is 0 Å². The molecule has 18 heavy (non-hydrogen) atoms. The van der Waals surface area contributed by atoms with Crippen molar-refractivity contribution in [2.45, 2.75) is 6.92 Å². The maximum atomic E-state index is 8.90. The molecular weight excluding hydrogens is 294 g/mol. The lowest BCUT2D eigenvalue weighted by molar-refractivity contribution is 0.430. The van der Waals surface area contributed by atoms with Crippen LogP contribution in [-0.2, 0) is 0 Å². The predicted molar refractivity (Wildman–Crippen MR) is 70.9 cm³/mol. The molecule has 4 nitrogen and oxygen atoms in total. The molecule has 0 unspecified atom stereocenters. The number of aryl methyl sites for hydroxylation is 1. The highest BCUT2D eigenvalue weighted by Gasteiger charge is 2.20. The fraction of sp³-hybridized carbons (Fsp3) is 0.0769. The lowest BCUT2D eigenvalue weighted by Crippen LogP contribution is -1.78. The Morgan fingerprint density at radius 3 is 2.89 bits per heavy atom. The summed E-state index contributed by atoms with van der Waals surface area (Å²) in [7, 11) is 0. The van der Waals surface area contributed by atoms with Crippen molar-refractivity contribution in [2.24, 2.45) is 0 Å². The quantitative estimate of drug-likeness (QED) is 0.744. The summed E-state index contributed by atoms with van der Waals surface area (Å²) in [5, 5.41) is 13.7. The summed E-state index contributed by atoms with van der Waals surface area (Å²) < 4.78 is 5.88. The van der Waals surface area contributed by atoms with Crippen LogP contribution in [0.1, 0.15) is 11.4 Å². The first kappa shape index (κ1) is 11.1. The molecule has 3 aromatic rings. The van der Waals surface area contributed by atoms with Gasteiger partial charge in [-0.15, -0.1) is 0 Å². The molecule has 2 aromatic heterocycles. The molecule has 0 radical (unpaired) electrons. The van der Waals surface area contributed by atoms with E-state index in [0.29, 0.717) is 10.2 Å². The van der Waals surface area contributed by atoms with Gasteiger partial charge in [0, 0.05) is 22.2 Å². The number of aromatic nitrogens is 2. The van der Waals surface area contributed by atoms with Gasteiger partial charge in [-0.1, -0.05) is 23.4 Å². The van der Waals surface area contributed by atoms with Crippen molar-refractivity contribution >= 4 is 26.8 Å². The van der Waals surface area contributed by atoms with Crippen LogP contribution in [0.25, 0.3) is 22.2 Å². The second-order valence-electron chi connectivity index (χ2n) is 3.96. The monoisotopic (exact) mass is 301 g/mol. The van der Waals surface area contributed by atoms with Crippen LogP contribution in [0.15, 0.2) is 33.3 Å². The number of benzene rings is 1. The number of hydrogen-bond acceptors (Lipinski definition) is 3. The van der Waals surface area contributed by atoms with E-state index in [1.807, 2.05) is 37.3 Å². The lowest BCUT2D eigenvalue weighted by Gasteiger charge is -1.96. The number of halogens is 1. The minimum atomic E-state index is 0.259. The molecule has 0 aliphatic heterocycles. The molecule has 0 aliphatic carbocycles. The van der Waals surface area contributed by atoms with E-state index in [9.17, 15) is 0 Å². The Kier molecular flexibility index (Phi) is 2.46. The average Bonchev–Trinajstić information content (AvgIpc) is 2.88. The number of hydrogen-bond donors (Lipinski definition) is 1. The molecule has 0 amide bonds. The van der Waals surface area contributed by atoms with Crippen molar-refractivity contribution in [1.82, 2.24) is 10.1 Å². The molecular formula is C13H8BrN3O. The van der Waals surface area contributed by atoms with Gasteiger partial charge in [0.2, 0.25) is 0 Å². The minimum absolute atomic E-state index is 0.259. The van der Waals surface area contributed by atoms with E-state index in [1.54, 1.807) is 0 Å². The molecule has 0 fully saturated rings. The molecule has 2 heterocycles. The molecule has 0 aliphatic rings. The SMILES string of the molecule is Cc1[nH]c2ccccc2c1-c1onc(C#N)c1Br. The van der Waals surface area contributed by atoms with E-state index in [1.165, 1.54) is 0 Å². The Bertz CT molecular complexity index is 779. The van der Waals surface area contributed by atoms with Crippen LogP contribution in [0.5, 0.6) is 0 Å². The Morgan fingerprint density at radius 1 is 1.39 bits per heavy atom. The van der Waals surface area contributed by atoms with Gasteiger partial charge < -0.3 is 9.51 Å². The lowest BCUT2D eigenvalue weighted by atomic mass is 10.1. The third-order valence-corrected chi connectivity index (χ3v) is 3.60. The smallest absolute Gasteiger partial charge is 0.198 e. The Balaban J connectivity index is 2.35. The fourth-order valence-corrected chi connectivity index (χ4v) is 2.50. The number of para-hydroxylation sites is 1. The highest BCUT2D eigenvalue weighted by Crippen LogP contribution is 2.37. The van der Waals surface area contributed by atoms with Gasteiger partial charge in [0.1, 0.15) is 10.5 Å². The number of aromatic amines is 1. The standard InChI is InChI=1S/C13H8BrN3O/c1-7-11(8-4-2-3-5-9(8)16-7)13-12(14)10(6-15)17-18-13/h2-5,16H,1H3. The van der Waals surface area contributed by atoms with Gasteiger partial charge in [0.15, 0.2) is 11.5 Å². The molecule has 1 aromatic carbocycles. The summed E-state index contributed by atoms with van der Waals surface area (Å²) in [6, 6.07) is 9.93. The number of rotatable bonds is 1. The van der Waals surface area contributed by atoms with E-state index >= 15 is 0 Å². The maximum absolute atomic E-state index is 8.90. The molecule has 1 N–H and O–H groups in total. The molecule has 3 rings (SSSR count). The van der Waals surface area contributed by atoms with E-state index in [2.05, 4.69) is 26.1 Å². The molecule has 0 bridgehead atoms. The number of fused-ring (bicyclic) bond motifs is 1. The Hall–Kier alpha value is -2.06. The van der Waals surface area contributed by atoms with Crippen LogP contribution in [-0.4, -0.2) is 10.1 Å². The number of nitriles is 1. The van der Waals surface area contributed by atoms with Crippen LogP contribution in [0.2, 0.25) is 0 Å². The van der Waals surface area contributed by atoms with E-state index in [0.717, 1.165) is 22.2 Å². The topological polar surface area (TPSA) is 65.6 Å². The molecule has 0 atom stereocenters. The van der Waals surface area contributed by atoms with Crippen molar-refractivity contribution in [3.63, 3.8) is 0 Å². The van der Waals surface area contributed by atoms with Crippen LogP contribution in [0.3, 0.4) is 0 Å². The Morgan fingerprint density at radius 2 is 2.17 bits per heavy atom. The van der Waals surface area contributed by atoms with Crippen LogP contribution >= 0.6 is 15.9 Å². The van der Waals surface area contributed by atoms with Gasteiger partial charge in [-0.2, -0.15) is 5.26 Å². The largest absolute Gasteiger partial charge is 0.358 e. The molecule has 0 saturated heterocycles. The van der Waals surface area contributed by atoms with Crippen molar-refractivity contribution < 1.29 is 4.52 Å². The predicted octanol–water partition coefficient (Wildman–Crippen LogP) is 3.77. The van der Waals surface area contributed by atoms with Gasteiger partial charge in [-0.3, -0.25) is 0 Å². The first-order valence-corrected chi connectivity index (χ1v) is 6.14. The number of nitrogens with zero attached hydrogens (tertiary/aromatic N) is 2. The summed E-state index contributed by atoms with van der Waals surface area (Å²) in [4.78, 5) is 3.29. The van der Waals surface area contributed by atoms with Gasteiger partial charge >= 0.3 is 0 Å². The van der Waals surface area contributed by atoms with Crippen molar-refractivity contribution in [1.29, 1.82) is 5.26 Å². The number of nitrogens with one attached hydrogen (secondary N) is 1. The fourth-order valence-electron chi connectivity index (χ4n) is 2.07. The average molecular weight is 302 g/mol. The highest BCUT2D eigenvalue weighted by atomic mass is 79.9. The first-order valence-electron chi connectivity index (χ1n) is 5.35. The van der Waals surface area contributed by atoms with Crippen molar-refractivity contribution in [3.8, 4) is 17.4 Å². The normalized spacial score (nSPS) is 10.7. The zero-order chi connectivity index (χ0) is 12.7. The second-order valence-corrected chi connectivity index (χ2v) is 4.75. The molecule has 0 saturated carbocycles. The summed E-state index contributed by atoms with van der Waals surface area (Å²) in [6.07, 6.45) is 0. The van der Waals surface area contributed by atoms with Crippen molar-refractivity contribution in [2.75, 3.05) is 0 Å². The molecule has 88 valence electrons. The second kappa shape index (κ2) is 4.00. The summed E-state index contributed by atoms with van der Waals surface area (Å²) in [5.74, 6) is 0.585. The molecule has 5 heteroatoms. The first-order chi connectivity index (χ1) is 8.72. The highest BCUT2D eigenvalue weighted by molar-refractivity contribution is 9.10. The van der Waals surface area contributed by atoms with Crippen LogP contribution < -0.4 is 0 Å². The summed E-state index contributed by atoms with van der Waals surface area (Å²) in [6.45, 7) is 1.97. The third kappa shape index (κ3) is 1.46. The summed E-state index contributed by atoms with van der Waals surface area (Å²) in [5.41, 5.74) is 3.21. The van der Waals surface area contributed by atoms with E-state index in [4.69, 9.17) is 9.78 Å². The van der Waals surface area contributed by atoms with E-state index < -0.39 is 0 Å². The van der Waals surface area contributed by atoms with E-state index in [-0.39, 0.29) is 5.69 Å². The third-order valence-electron chi connectivity index (χ3n) is 2.86. The number of H-pyrrole nitrogens is 1.